The van der Waals surface area contributed by atoms with E-state index in [0.717, 1.165) is 19.6 Å². The maximum Gasteiger partial charge on any atom is 0.293 e. The van der Waals surface area contributed by atoms with Gasteiger partial charge in [0.15, 0.2) is 5.82 Å². The number of nitrogens with one attached hydrogen (secondary N) is 1. The Balaban J connectivity index is 1.90. The van der Waals surface area contributed by atoms with Crippen LogP contribution >= 0.6 is 0 Å². The van der Waals surface area contributed by atoms with Crippen LogP contribution in [0.2, 0.25) is 0 Å². The molecule has 0 spiro atoms. The van der Waals surface area contributed by atoms with Crippen LogP contribution in [-0.2, 0) is 5.54 Å². The van der Waals surface area contributed by atoms with E-state index in [2.05, 4.69) is 15.2 Å². The van der Waals surface area contributed by atoms with Gasteiger partial charge in [-0.3, -0.25) is 4.79 Å². The second-order valence-corrected chi connectivity index (χ2v) is 6.96. The van der Waals surface area contributed by atoms with Crippen molar-refractivity contribution in [3.63, 3.8) is 0 Å². The molecule has 2 atom stereocenters. The molecule has 1 aromatic rings. The van der Waals surface area contributed by atoms with Gasteiger partial charge in [0, 0.05) is 37.1 Å². The molecular formula is C15H24N4O. The van der Waals surface area contributed by atoms with Gasteiger partial charge < -0.3 is 14.8 Å². The Bertz CT molecular complexity index is 532. The molecule has 0 radical (unpaired) electrons. The molecule has 1 N–H and O–H groups in total. The molecule has 0 bridgehead atoms. The van der Waals surface area contributed by atoms with Crippen molar-refractivity contribution < 1.29 is 0 Å². The van der Waals surface area contributed by atoms with Crippen molar-refractivity contribution >= 4 is 5.82 Å². The molecule has 0 aliphatic carbocycles. The minimum Gasteiger partial charge on any atom is -0.350 e. The summed E-state index contributed by atoms with van der Waals surface area (Å²) in [7, 11) is 0. The fourth-order valence-electron chi connectivity index (χ4n) is 3.37. The van der Waals surface area contributed by atoms with Crippen molar-refractivity contribution in [3.05, 3.63) is 22.7 Å². The molecule has 2 fully saturated rings. The number of rotatable bonds is 1. The quantitative estimate of drug-likeness (QED) is 0.837. The average Bonchev–Trinajstić information content (AvgIpc) is 2.81. The van der Waals surface area contributed by atoms with Gasteiger partial charge in [0.1, 0.15) is 0 Å². The van der Waals surface area contributed by atoms with Gasteiger partial charge in [-0.25, -0.2) is 4.98 Å². The summed E-state index contributed by atoms with van der Waals surface area (Å²) in [4.78, 5) is 19.2. The zero-order chi connectivity index (χ0) is 14.3. The Hall–Kier alpha value is -1.36. The van der Waals surface area contributed by atoms with Crippen LogP contribution in [0, 0.1) is 5.92 Å². The Labute approximate surface area is 120 Å². The van der Waals surface area contributed by atoms with Crippen molar-refractivity contribution in [1.29, 1.82) is 0 Å². The maximum absolute atomic E-state index is 12.6. The van der Waals surface area contributed by atoms with E-state index in [1.165, 1.54) is 12.8 Å². The zero-order valence-corrected chi connectivity index (χ0v) is 12.6. The van der Waals surface area contributed by atoms with Crippen molar-refractivity contribution in [3.8, 4) is 0 Å². The molecule has 2 aliphatic rings. The van der Waals surface area contributed by atoms with Gasteiger partial charge in [-0.1, -0.05) is 0 Å². The minimum atomic E-state index is -0.209. The SMILES string of the molecule is CC(C)(C)n1ccnc(N2CC3CCCNC3C2)c1=O. The first-order chi connectivity index (χ1) is 9.47. The molecule has 3 heterocycles. The van der Waals surface area contributed by atoms with E-state index in [0.29, 0.717) is 17.8 Å². The molecule has 2 saturated heterocycles. The van der Waals surface area contributed by atoms with Crippen LogP contribution in [0.1, 0.15) is 33.6 Å². The van der Waals surface area contributed by atoms with Crippen molar-refractivity contribution in [1.82, 2.24) is 14.9 Å². The van der Waals surface area contributed by atoms with E-state index < -0.39 is 0 Å². The fourth-order valence-corrected chi connectivity index (χ4v) is 3.37. The molecule has 20 heavy (non-hydrogen) atoms. The topological polar surface area (TPSA) is 50.2 Å². The molecule has 1 aromatic heterocycles. The fraction of sp³-hybridized carbons (Fsp3) is 0.733. The van der Waals surface area contributed by atoms with Gasteiger partial charge >= 0.3 is 0 Å². The van der Waals surface area contributed by atoms with Gasteiger partial charge in [0.2, 0.25) is 0 Å². The van der Waals surface area contributed by atoms with Gasteiger partial charge in [0.05, 0.1) is 0 Å². The summed E-state index contributed by atoms with van der Waals surface area (Å²) in [6, 6.07) is 0.522. The predicted molar refractivity (Wildman–Crippen MR) is 80.2 cm³/mol. The second kappa shape index (κ2) is 4.88. The predicted octanol–water partition coefficient (Wildman–Crippen LogP) is 1.19. The van der Waals surface area contributed by atoms with E-state index in [1.54, 1.807) is 17.0 Å². The molecule has 5 nitrogen and oxygen atoms in total. The Kier molecular flexibility index (Phi) is 3.32. The lowest BCUT2D eigenvalue weighted by molar-refractivity contribution is 0.340. The summed E-state index contributed by atoms with van der Waals surface area (Å²) in [6.07, 6.45) is 6.03. The molecule has 0 saturated carbocycles. The van der Waals surface area contributed by atoms with Crippen molar-refractivity contribution in [2.24, 2.45) is 5.92 Å². The van der Waals surface area contributed by atoms with Crippen LogP contribution in [-0.4, -0.2) is 35.2 Å². The van der Waals surface area contributed by atoms with E-state index in [1.807, 2.05) is 20.8 Å². The number of piperidine rings is 1. The van der Waals surface area contributed by atoms with Gasteiger partial charge in [-0.15, -0.1) is 0 Å². The first-order valence-electron chi connectivity index (χ1n) is 7.53. The molecule has 2 unspecified atom stereocenters. The monoisotopic (exact) mass is 276 g/mol. The second-order valence-electron chi connectivity index (χ2n) is 6.96. The van der Waals surface area contributed by atoms with Gasteiger partial charge in [0.25, 0.3) is 5.56 Å². The van der Waals surface area contributed by atoms with E-state index >= 15 is 0 Å². The maximum atomic E-state index is 12.6. The molecule has 110 valence electrons. The Morgan fingerprint density at radius 1 is 1.35 bits per heavy atom. The normalized spacial score (nSPS) is 26.6. The first-order valence-corrected chi connectivity index (χ1v) is 7.53. The summed E-state index contributed by atoms with van der Waals surface area (Å²) in [6.45, 7) is 9.09. The van der Waals surface area contributed by atoms with E-state index in [4.69, 9.17) is 0 Å². The Morgan fingerprint density at radius 2 is 2.15 bits per heavy atom. The van der Waals surface area contributed by atoms with Crippen molar-refractivity contribution in [2.75, 3.05) is 24.5 Å². The molecule has 5 heteroatoms. The number of hydrogen-bond acceptors (Lipinski definition) is 4. The van der Waals surface area contributed by atoms with Crippen LogP contribution in [0.4, 0.5) is 5.82 Å². The highest BCUT2D eigenvalue weighted by Crippen LogP contribution is 2.26. The minimum absolute atomic E-state index is 0.0265. The van der Waals surface area contributed by atoms with Crippen molar-refractivity contribution in [2.45, 2.75) is 45.2 Å². The van der Waals surface area contributed by atoms with Gasteiger partial charge in [-0.05, 0) is 46.1 Å². The number of nitrogens with zero attached hydrogens (tertiary/aromatic N) is 3. The number of anilines is 1. The average molecular weight is 276 g/mol. The van der Waals surface area contributed by atoms with E-state index in [9.17, 15) is 4.79 Å². The lowest BCUT2D eigenvalue weighted by Gasteiger charge is -2.24. The highest BCUT2D eigenvalue weighted by Gasteiger charge is 2.36. The smallest absolute Gasteiger partial charge is 0.293 e. The summed E-state index contributed by atoms with van der Waals surface area (Å²) in [5.74, 6) is 1.27. The highest BCUT2D eigenvalue weighted by atomic mass is 16.1. The van der Waals surface area contributed by atoms with Crippen LogP contribution in [0.25, 0.3) is 0 Å². The van der Waals surface area contributed by atoms with Gasteiger partial charge in [-0.2, -0.15) is 0 Å². The summed E-state index contributed by atoms with van der Waals surface area (Å²) < 4.78 is 1.78. The standard InChI is InChI=1S/C15H24N4O/c1-15(2,3)19-8-7-17-13(14(19)20)18-9-11-5-4-6-16-12(11)10-18/h7-8,11-12,16H,4-6,9-10H2,1-3H3. The number of aromatic nitrogens is 2. The molecule has 0 amide bonds. The molecule has 3 rings (SSSR count). The van der Waals surface area contributed by atoms with Crippen LogP contribution in [0.5, 0.6) is 0 Å². The molecule has 2 aliphatic heterocycles. The third-order valence-electron chi connectivity index (χ3n) is 4.44. The van der Waals surface area contributed by atoms with E-state index in [-0.39, 0.29) is 11.1 Å². The molecular weight excluding hydrogens is 252 g/mol. The summed E-state index contributed by atoms with van der Waals surface area (Å²) in [5, 5.41) is 3.57. The highest BCUT2D eigenvalue weighted by molar-refractivity contribution is 5.38. The lowest BCUT2D eigenvalue weighted by atomic mass is 9.94. The van der Waals surface area contributed by atoms with Crippen LogP contribution in [0.15, 0.2) is 17.2 Å². The lowest BCUT2D eigenvalue weighted by Crippen LogP contribution is -2.41. The van der Waals surface area contributed by atoms with Crippen LogP contribution in [0.3, 0.4) is 0 Å². The Morgan fingerprint density at radius 3 is 2.85 bits per heavy atom. The number of fused-ring (bicyclic) bond motifs is 1. The third-order valence-corrected chi connectivity index (χ3v) is 4.44. The summed E-state index contributed by atoms with van der Waals surface area (Å²) >= 11 is 0. The number of hydrogen-bond donors (Lipinski definition) is 1. The third kappa shape index (κ3) is 2.35. The van der Waals surface area contributed by atoms with Crippen LogP contribution < -0.4 is 15.8 Å². The largest absolute Gasteiger partial charge is 0.350 e. The first kappa shape index (κ1) is 13.6. The summed E-state index contributed by atoms with van der Waals surface area (Å²) in [5.41, 5.74) is -0.182. The molecule has 0 aromatic carbocycles. The zero-order valence-electron chi connectivity index (χ0n) is 12.6.